The summed E-state index contributed by atoms with van der Waals surface area (Å²) in [6.45, 7) is 5.22. The fourth-order valence-electron chi connectivity index (χ4n) is 2.09. The molecule has 1 heteroatoms. The third kappa shape index (κ3) is 2.86. The van der Waals surface area contributed by atoms with Crippen LogP contribution in [0.15, 0.2) is 42.5 Å². The molecule has 2 aromatic carbocycles. The molecule has 0 aliphatic heterocycles. The Labute approximate surface area is 104 Å². The lowest BCUT2D eigenvalue weighted by Crippen LogP contribution is -2.24. The third-order valence-electron chi connectivity index (χ3n) is 3.50. The number of benzene rings is 2. The Morgan fingerprint density at radius 1 is 1.00 bits per heavy atom. The highest BCUT2D eigenvalue weighted by Gasteiger charge is 2.15. The number of rotatable bonds is 4. The zero-order valence-corrected chi connectivity index (χ0v) is 10.7. The van der Waals surface area contributed by atoms with Crippen LogP contribution in [0.1, 0.15) is 25.8 Å². The van der Waals surface area contributed by atoms with E-state index < -0.39 is 0 Å². The summed E-state index contributed by atoms with van der Waals surface area (Å²) in [5.41, 5.74) is 7.45. The van der Waals surface area contributed by atoms with Crippen LogP contribution < -0.4 is 5.73 Å². The molecule has 0 bridgehead atoms. The van der Waals surface area contributed by atoms with E-state index in [1.165, 1.54) is 16.3 Å². The van der Waals surface area contributed by atoms with Crippen molar-refractivity contribution in [1.29, 1.82) is 0 Å². The highest BCUT2D eigenvalue weighted by molar-refractivity contribution is 5.85. The van der Waals surface area contributed by atoms with Crippen molar-refractivity contribution in [3.8, 4) is 0 Å². The molecule has 0 aliphatic carbocycles. The normalized spacial score (nSPS) is 11.9. The number of hydrogen-bond acceptors (Lipinski definition) is 1. The van der Waals surface area contributed by atoms with E-state index in [1.807, 2.05) is 0 Å². The van der Waals surface area contributed by atoms with Crippen molar-refractivity contribution in [1.82, 2.24) is 0 Å². The molecule has 0 atom stereocenters. The first kappa shape index (κ1) is 12.1. The molecule has 0 aliphatic rings. The van der Waals surface area contributed by atoms with Crippen molar-refractivity contribution in [3.05, 3.63) is 48.0 Å². The maximum atomic E-state index is 5.78. The van der Waals surface area contributed by atoms with Gasteiger partial charge in [-0.15, -0.1) is 0 Å². The summed E-state index contributed by atoms with van der Waals surface area (Å²) in [4.78, 5) is 0. The first-order valence-electron chi connectivity index (χ1n) is 6.29. The van der Waals surface area contributed by atoms with Crippen molar-refractivity contribution in [2.24, 2.45) is 11.1 Å². The molecule has 2 rings (SSSR count). The Morgan fingerprint density at radius 3 is 2.47 bits per heavy atom. The van der Waals surface area contributed by atoms with Crippen LogP contribution >= 0.6 is 0 Å². The minimum atomic E-state index is 0.233. The lowest BCUT2D eigenvalue weighted by atomic mass is 9.85. The van der Waals surface area contributed by atoms with Gasteiger partial charge in [0.15, 0.2) is 0 Å². The second-order valence-corrected chi connectivity index (χ2v) is 5.51. The van der Waals surface area contributed by atoms with Crippen LogP contribution in [0.2, 0.25) is 0 Å². The standard InChI is InChI=1S/C16H21N/c1-16(2,12-17)11-10-14-8-5-7-13-6-3-4-9-15(13)14/h3-9H,10-12,17H2,1-2H3. The highest BCUT2D eigenvalue weighted by Crippen LogP contribution is 2.25. The monoisotopic (exact) mass is 227 g/mol. The van der Waals surface area contributed by atoms with E-state index in [2.05, 4.69) is 56.3 Å². The van der Waals surface area contributed by atoms with Crippen LogP contribution in [-0.2, 0) is 6.42 Å². The van der Waals surface area contributed by atoms with Crippen LogP contribution in [0.3, 0.4) is 0 Å². The fourth-order valence-corrected chi connectivity index (χ4v) is 2.09. The Hall–Kier alpha value is -1.34. The lowest BCUT2D eigenvalue weighted by Gasteiger charge is -2.22. The first-order valence-corrected chi connectivity index (χ1v) is 6.29. The van der Waals surface area contributed by atoms with Gasteiger partial charge in [0.05, 0.1) is 0 Å². The molecular weight excluding hydrogens is 206 g/mol. The first-order chi connectivity index (χ1) is 8.12. The molecule has 1 nitrogen and oxygen atoms in total. The zero-order valence-electron chi connectivity index (χ0n) is 10.7. The lowest BCUT2D eigenvalue weighted by molar-refractivity contribution is 0.348. The third-order valence-corrected chi connectivity index (χ3v) is 3.50. The van der Waals surface area contributed by atoms with E-state index in [4.69, 9.17) is 5.73 Å². The molecule has 0 heterocycles. The van der Waals surface area contributed by atoms with Crippen LogP contribution in [-0.4, -0.2) is 6.54 Å². The van der Waals surface area contributed by atoms with Gasteiger partial charge in [-0.3, -0.25) is 0 Å². The highest BCUT2D eigenvalue weighted by atomic mass is 14.6. The SMILES string of the molecule is CC(C)(CN)CCc1cccc2ccccc12. The van der Waals surface area contributed by atoms with Crippen LogP contribution in [0, 0.1) is 5.41 Å². The molecule has 90 valence electrons. The smallest absolute Gasteiger partial charge is 0.00257 e. The quantitative estimate of drug-likeness (QED) is 0.845. The van der Waals surface area contributed by atoms with Gasteiger partial charge < -0.3 is 5.73 Å². The predicted octanol–water partition coefficient (Wildman–Crippen LogP) is 3.76. The van der Waals surface area contributed by atoms with Crippen molar-refractivity contribution >= 4 is 10.8 Å². The fraction of sp³-hybridized carbons (Fsp3) is 0.375. The van der Waals surface area contributed by atoms with E-state index in [0.29, 0.717) is 0 Å². The summed E-state index contributed by atoms with van der Waals surface area (Å²) in [7, 11) is 0. The Kier molecular flexibility index (Phi) is 3.49. The maximum absolute atomic E-state index is 5.78. The summed E-state index contributed by atoms with van der Waals surface area (Å²) in [5, 5.41) is 2.71. The molecular formula is C16H21N. The molecule has 2 N–H and O–H groups in total. The van der Waals surface area contributed by atoms with Gasteiger partial charge >= 0.3 is 0 Å². The summed E-state index contributed by atoms with van der Waals surface area (Å²) in [6, 6.07) is 15.1. The minimum absolute atomic E-state index is 0.233. The number of nitrogens with two attached hydrogens (primary N) is 1. The van der Waals surface area contributed by atoms with Crippen molar-refractivity contribution < 1.29 is 0 Å². The molecule has 0 amide bonds. The van der Waals surface area contributed by atoms with E-state index in [-0.39, 0.29) is 5.41 Å². The topological polar surface area (TPSA) is 26.0 Å². The molecule has 2 aromatic rings. The summed E-state index contributed by atoms with van der Waals surface area (Å²) < 4.78 is 0. The average molecular weight is 227 g/mol. The van der Waals surface area contributed by atoms with Gasteiger partial charge in [-0.05, 0) is 41.1 Å². The Morgan fingerprint density at radius 2 is 1.71 bits per heavy atom. The predicted molar refractivity (Wildman–Crippen MR) is 75.1 cm³/mol. The van der Waals surface area contributed by atoms with Gasteiger partial charge in [0.1, 0.15) is 0 Å². The maximum Gasteiger partial charge on any atom is -0.00257 e. The van der Waals surface area contributed by atoms with Gasteiger partial charge in [0.25, 0.3) is 0 Å². The molecule has 0 saturated heterocycles. The van der Waals surface area contributed by atoms with Crippen LogP contribution in [0.25, 0.3) is 10.8 Å². The van der Waals surface area contributed by atoms with E-state index in [9.17, 15) is 0 Å². The number of aryl methyl sites for hydroxylation is 1. The minimum Gasteiger partial charge on any atom is -0.330 e. The van der Waals surface area contributed by atoms with E-state index >= 15 is 0 Å². The Bertz CT molecular complexity index is 494. The molecule has 0 radical (unpaired) electrons. The van der Waals surface area contributed by atoms with Crippen molar-refractivity contribution in [2.75, 3.05) is 6.54 Å². The molecule has 0 spiro atoms. The number of hydrogen-bond donors (Lipinski definition) is 1. The molecule has 0 unspecified atom stereocenters. The summed E-state index contributed by atoms with van der Waals surface area (Å²) >= 11 is 0. The second kappa shape index (κ2) is 4.89. The number of fused-ring (bicyclic) bond motifs is 1. The van der Waals surface area contributed by atoms with Crippen molar-refractivity contribution in [2.45, 2.75) is 26.7 Å². The van der Waals surface area contributed by atoms with Gasteiger partial charge in [-0.1, -0.05) is 56.3 Å². The molecule has 0 fully saturated rings. The second-order valence-electron chi connectivity index (χ2n) is 5.51. The Balaban J connectivity index is 2.24. The largest absolute Gasteiger partial charge is 0.330 e. The molecule has 0 saturated carbocycles. The summed E-state index contributed by atoms with van der Waals surface area (Å²) in [6.07, 6.45) is 2.24. The average Bonchev–Trinajstić information content (AvgIpc) is 2.36. The van der Waals surface area contributed by atoms with E-state index in [0.717, 1.165) is 19.4 Å². The van der Waals surface area contributed by atoms with Crippen LogP contribution in [0.4, 0.5) is 0 Å². The molecule has 17 heavy (non-hydrogen) atoms. The van der Waals surface area contributed by atoms with Gasteiger partial charge in [0.2, 0.25) is 0 Å². The van der Waals surface area contributed by atoms with Crippen LogP contribution in [0.5, 0.6) is 0 Å². The molecule has 0 aromatic heterocycles. The summed E-state index contributed by atoms with van der Waals surface area (Å²) in [5.74, 6) is 0. The van der Waals surface area contributed by atoms with Gasteiger partial charge in [-0.2, -0.15) is 0 Å². The van der Waals surface area contributed by atoms with Gasteiger partial charge in [0, 0.05) is 0 Å². The van der Waals surface area contributed by atoms with E-state index in [1.54, 1.807) is 0 Å². The van der Waals surface area contributed by atoms with Crippen molar-refractivity contribution in [3.63, 3.8) is 0 Å². The van der Waals surface area contributed by atoms with Gasteiger partial charge in [-0.25, -0.2) is 0 Å². The zero-order chi connectivity index (χ0) is 12.3.